The first-order valence-electron chi connectivity index (χ1n) is 8.20. The molecule has 0 radical (unpaired) electrons. The Balaban J connectivity index is 1.61. The normalized spacial score (nSPS) is 20.5. The second-order valence-electron chi connectivity index (χ2n) is 6.06. The first-order valence-corrected chi connectivity index (χ1v) is 8.20. The number of nitrogens with zero attached hydrogens (tertiary/aromatic N) is 2. The third-order valence-corrected chi connectivity index (χ3v) is 4.08. The quantitative estimate of drug-likeness (QED) is 0.845. The summed E-state index contributed by atoms with van der Waals surface area (Å²) in [5.74, 6) is -0.606. The summed E-state index contributed by atoms with van der Waals surface area (Å²) in [6.07, 6.45) is 0.592. The van der Waals surface area contributed by atoms with E-state index in [-0.39, 0.29) is 36.0 Å². The zero-order valence-corrected chi connectivity index (χ0v) is 13.9. The zero-order chi connectivity index (χ0) is 17.8. The standard InChI is InChI=1S/C17H20N4O4/c1-11-10-21(8-9-25-11)17(24)12-2-4-13(5-3-12)18-16(23)14-6-7-15(22)20-19-14/h2-5,11H,6-10H2,1H3,(H,18,23)(H,20,22). The highest BCUT2D eigenvalue weighted by molar-refractivity contribution is 6.43. The molecule has 0 bridgehead atoms. The van der Waals surface area contributed by atoms with Gasteiger partial charge in [0, 0.05) is 37.2 Å². The van der Waals surface area contributed by atoms with E-state index < -0.39 is 0 Å². The van der Waals surface area contributed by atoms with E-state index in [1.165, 1.54) is 0 Å². The van der Waals surface area contributed by atoms with E-state index >= 15 is 0 Å². The Morgan fingerprint density at radius 3 is 2.68 bits per heavy atom. The number of nitrogens with one attached hydrogen (secondary N) is 2. The Kier molecular flexibility index (Phi) is 5.08. The van der Waals surface area contributed by atoms with E-state index in [4.69, 9.17) is 4.74 Å². The molecule has 1 saturated heterocycles. The Morgan fingerprint density at radius 2 is 2.04 bits per heavy atom. The van der Waals surface area contributed by atoms with E-state index in [0.717, 1.165) is 0 Å². The molecule has 1 aromatic rings. The molecule has 132 valence electrons. The molecule has 2 aliphatic heterocycles. The van der Waals surface area contributed by atoms with Crippen LogP contribution in [0, 0.1) is 0 Å². The van der Waals surface area contributed by atoms with Crippen LogP contribution < -0.4 is 10.7 Å². The van der Waals surface area contributed by atoms with Gasteiger partial charge in [0.2, 0.25) is 5.91 Å². The summed E-state index contributed by atoms with van der Waals surface area (Å²) in [6, 6.07) is 6.72. The van der Waals surface area contributed by atoms with Gasteiger partial charge in [-0.15, -0.1) is 0 Å². The number of hydrogen-bond acceptors (Lipinski definition) is 5. The van der Waals surface area contributed by atoms with Crippen molar-refractivity contribution in [3.63, 3.8) is 0 Å². The number of rotatable bonds is 3. The first kappa shape index (κ1) is 17.1. The lowest BCUT2D eigenvalue weighted by Gasteiger charge is -2.31. The molecular formula is C17H20N4O4. The molecular weight excluding hydrogens is 324 g/mol. The first-order chi connectivity index (χ1) is 12.0. The van der Waals surface area contributed by atoms with Crippen LogP contribution >= 0.6 is 0 Å². The smallest absolute Gasteiger partial charge is 0.271 e. The Labute approximate surface area is 145 Å². The molecule has 0 spiro atoms. The van der Waals surface area contributed by atoms with Gasteiger partial charge in [0.25, 0.3) is 11.8 Å². The summed E-state index contributed by atoms with van der Waals surface area (Å²) in [4.78, 5) is 37.4. The molecule has 1 fully saturated rings. The molecule has 2 N–H and O–H groups in total. The minimum atomic E-state index is -0.360. The monoisotopic (exact) mass is 344 g/mol. The second kappa shape index (κ2) is 7.43. The minimum Gasteiger partial charge on any atom is -0.375 e. The number of hydrazone groups is 1. The lowest BCUT2D eigenvalue weighted by atomic mass is 10.1. The zero-order valence-electron chi connectivity index (χ0n) is 13.9. The maximum absolute atomic E-state index is 12.5. The third-order valence-electron chi connectivity index (χ3n) is 4.08. The van der Waals surface area contributed by atoms with Crippen molar-refractivity contribution < 1.29 is 19.1 Å². The molecule has 3 rings (SSSR count). The van der Waals surface area contributed by atoms with E-state index in [2.05, 4.69) is 15.8 Å². The van der Waals surface area contributed by atoms with Crippen LogP contribution in [0.1, 0.15) is 30.1 Å². The van der Waals surface area contributed by atoms with Crippen molar-refractivity contribution in [1.82, 2.24) is 10.3 Å². The fourth-order valence-corrected chi connectivity index (χ4v) is 2.72. The Bertz CT molecular complexity index is 714. The van der Waals surface area contributed by atoms with Crippen molar-refractivity contribution >= 4 is 29.1 Å². The van der Waals surface area contributed by atoms with E-state index in [0.29, 0.717) is 37.4 Å². The van der Waals surface area contributed by atoms with Gasteiger partial charge in [0.05, 0.1) is 12.7 Å². The second-order valence-corrected chi connectivity index (χ2v) is 6.06. The van der Waals surface area contributed by atoms with Gasteiger partial charge in [0.15, 0.2) is 0 Å². The van der Waals surface area contributed by atoms with Gasteiger partial charge in [-0.25, -0.2) is 5.43 Å². The third kappa shape index (κ3) is 4.21. The summed E-state index contributed by atoms with van der Waals surface area (Å²) in [6.45, 7) is 3.63. The van der Waals surface area contributed by atoms with Gasteiger partial charge < -0.3 is 15.0 Å². The van der Waals surface area contributed by atoms with Crippen molar-refractivity contribution in [2.24, 2.45) is 5.10 Å². The fourth-order valence-electron chi connectivity index (χ4n) is 2.72. The number of ether oxygens (including phenoxy) is 1. The SMILES string of the molecule is CC1CN(C(=O)c2ccc(NC(=O)C3=NNC(=O)CC3)cc2)CCO1. The number of morpholine rings is 1. The van der Waals surface area contributed by atoms with Crippen LogP contribution in [0.5, 0.6) is 0 Å². The molecule has 0 aliphatic carbocycles. The van der Waals surface area contributed by atoms with Gasteiger partial charge in [-0.05, 0) is 31.2 Å². The molecule has 2 aliphatic rings. The van der Waals surface area contributed by atoms with Crippen molar-refractivity contribution in [2.45, 2.75) is 25.9 Å². The van der Waals surface area contributed by atoms with Gasteiger partial charge in [-0.3, -0.25) is 14.4 Å². The van der Waals surface area contributed by atoms with Crippen molar-refractivity contribution in [2.75, 3.05) is 25.0 Å². The van der Waals surface area contributed by atoms with Gasteiger partial charge in [-0.2, -0.15) is 5.10 Å². The number of carbonyl (C=O) groups excluding carboxylic acids is 3. The molecule has 25 heavy (non-hydrogen) atoms. The molecule has 2 heterocycles. The maximum atomic E-state index is 12.5. The summed E-state index contributed by atoms with van der Waals surface area (Å²) < 4.78 is 5.44. The van der Waals surface area contributed by atoms with Crippen molar-refractivity contribution in [3.05, 3.63) is 29.8 Å². The molecule has 8 heteroatoms. The summed E-state index contributed by atoms with van der Waals surface area (Å²) in [5, 5.41) is 6.47. The topological polar surface area (TPSA) is 100 Å². The summed E-state index contributed by atoms with van der Waals surface area (Å²) in [5.41, 5.74) is 3.70. The molecule has 1 unspecified atom stereocenters. The van der Waals surface area contributed by atoms with Crippen LogP contribution in [0.25, 0.3) is 0 Å². The summed E-state index contributed by atoms with van der Waals surface area (Å²) in [7, 11) is 0. The largest absolute Gasteiger partial charge is 0.375 e. The molecule has 0 saturated carbocycles. The van der Waals surface area contributed by atoms with Crippen LogP contribution in [-0.2, 0) is 14.3 Å². The minimum absolute atomic E-state index is 0.0352. The molecule has 1 atom stereocenters. The van der Waals surface area contributed by atoms with Gasteiger partial charge in [0.1, 0.15) is 5.71 Å². The maximum Gasteiger partial charge on any atom is 0.271 e. The number of amides is 3. The number of anilines is 1. The molecule has 3 amide bonds. The summed E-state index contributed by atoms with van der Waals surface area (Å²) >= 11 is 0. The number of benzene rings is 1. The van der Waals surface area contributed by atoms with Crippen LogP contribution in [0.2, 0.25) is 0 Å². The van der Waals surface area contributed by atoms with Crippen LogP contribution in [0.3, 0.4) is 0 Å². The lowest BCUT2D eigenvalue weighted by molar-refractivity contribution is -0.121. The van der Waals surface area contributed by atoms with Crippen LogP contribution in [0.4, 0.5) is 5.69 Å². The highest BCUT2D eigenvalue weighted by Crippen LogP contribution is 2.14. The van der Waals surface area contributed by atoms with Crippen molar-refractivity contribution in [1.29, 1.82) is 0 Å². The van der Waals surface area contributed by atoms with E-state index in [9.17, 15) is 14.4 Å². The number of hydrogen-bond donors (Lipinski definition) is 2. The van der Waals surface area contributed by atoms with Gasteiger partial charge >= 0.3 is 0 Å². The average Bonchev–Trinajstić information content (AvgIpc) is 2.62. The molecule has 0 aromatic heterocycles. The van der Waals surface area contributed by atoms with Crippen LogP contribution in [0.15, 0.2) is 29.4 Å². The highest BCUT2D eigenvalue weighted by Gasteiger charge is 2.22. The van der Waals surface area contributed by atoms with E-state index in [1.807, 2.05) is 6.92 Å². The van der Waals surface area contributed by atoms with Crippen LogP contribution in [-0.4, -0.2) is 54.1 Å². The highest BCUT2D eigenvalue weighted by atomic mass is 16.5. The predicted octanol–water partition coefficient (Wildman–Crippen LogP) is 0.752. The molecule has 1 aromatic carbocycles. The Hall–Kier alpha value is -2.74. The molecule has 8 nitrogen and oxygen atoms in total. The van der Waals surface area contributed by atoms with Gasteiger partial charge in [-0.1, -0.05) is 0 Å². The van der Waals surface area contributed by atoms with Crippen molar-refractivity contribution in [3.8, 4) is 0 Å². The Morgan fingerprint density at radius 1 is 1.28 bits per heavy atom. The average molecular weight is 344 g/mol. The fraction of sp³-hybridized carbons (Fsp3) is 0.412. The lowest BCUT2D eigenvalue weighted by Crippen LogP contribution is -2.44. The predicted molar refractivity (Wildman–Crippen MR) is 91.2 cm³/mol. The van der Waals surface area contributed by atoms with E-state index in [1.54, 1.807) is 29.2 Å². The number of carbonyl (C=O) groups is 3.